The fourth-order valence-electron chi connectivity index (χ4n) is 6.91. The topological polar surface area (TPSA) is 128 Å². The van der Waals surface area contributed by atoms with Gasteiger partial charge in [0.05, 0.1) is 31.3 Å². The Hall–Kier alpha value is -3.20. The molecule has 3 heterocycles. The average Bonchev–Trinajstić information content (AvgIpc) is 3.52. The first kappa shape index (κ1) is 34.7. The second kappa shape index (κ2) is 14.1. The Bertz CT molecular complexity index is 1340. The van der Waals surface area contributed by atoms with Crippen molar-refractivity contribution >= 4 is 22.2 Å². The van der Waals surface area contributed by atoms with Crippen LogP contribution in [0.1, 0.15) is 63.5 Å². The number of alkyl halides is 3. The van der Waals surface area contributed by atoms with Gasteiger partial charge in [-0.15, -0.1) is 0 Å². The third-order valence-corrected chi connectivity index (χ3v) is 9.31. The quantitative estimate of drug-likeness (QED) is 0.121. The van der Waals surface area contributed by atoms with E-state index in [1.54, 1.807) is 13.8 Å². The maximum absolute atomic E-state index is 14.2. The van der Waals surface area contributed by atoms with Crippen LogP contribution in [0.5, 0.6) is 0 Å². The van der Waals surface area contributed by atoms with Crippen molar-refractivity contribution in [3.63, 3.8) is 0 Å². The first-order chi connectivity index (χ1) is 21.2. The lowest BCUT2D eigenvalue weighted by molar-refractivity contribution is -0.956. The predicted octanol–water partition coefficient (Wildman–Crippen LogP) is 5.36. The van der Waals surface area contributed by atoms with Crippen LogP contribution in [-0.2, 0) is 39.5 Å². The summed E-state index contributed by atoms with van der Waals surface area (Å²) in [6.45, 7) is 5.55. The van der Waals surface area contributed by atoms with Gasteiger partial charge in [-0.05, 0) is 25.0 Å². The number of esters is 1. The molecular weight excluding hydrogens is 619 g/mol. The molecule has 0 radical (unpaired) electrons. The summed E-state index contributed by atoms with van der Waals surface area (Å²) in [6.07, 6.45) is 5.48. The van der Waals surface area contributed by atoms with Gasteiger partial charge in [0.15, 0.2) is 16.9 Å². The highest BCUT2D eigenvalue weighted by Crippen LogP contribution is 2.47. The third-order valence-electron chi connectivity index (χ3n) is 8.75. The zero-order valence-electron chi connectivity index (χ0n) is 25.1. The molecule has 1 spiro atoms. The number of ether oxygens (including phenoxy) is 4. The van der Waals surface area contributed by atoms with Crippen LogP contribution in [0.25, 0.3) is 0 Å². The van der Waals surface area contributed by atoms with Crippen molar-refractivity contribution in [2.24, 2.45) is 0 Å². The molecule has 2 bridgehead atoms. The van der Waals surface area contributed by atoms with Crippen LogP contribution in [0.3, 0.4) is 0 Å². The van der Waals surface area contributed by atoms with Gasteiger partial charge in [-0.2, -0.15) is 13.2 Å². The van der Waals surface area contributed by atoms with E-state index < -0.39 is 40.1 Å². The Balaban J connectivity index is 0.000000510. The van der Waals surface area contributed by atoms with Crippen molar-refractivity contribution in [3.8, 4) is 0 Å². The van der Waals surface area contributed by atoms with E-state index in [2.05, 4.69) is 0 Å². The lowest BCUT2D eigenvalue weighted by atomic mass is 9.85. The molecule has 0 N–H and O–H groups in total. The fraction of sp³-hybridized carbons (Fsp3) is 0.548. The van der Waals surface area contributed by atoms with Crippen molar-refractivity contribution in [1.29, 1.82) is 0 Å². The molecule has 2 atom stereocenters. The van der Waals surface area contributed by atoms with Crippen molar-refractivity contribution in [2.75, 3.05) is 19.9 Å². The van der Waals surface area contributed by atoms with Gasteiger partial charge in [0.25, 0.3) is 0 Å². The minimum atomic E-state index is -6.09. The van der Waals surface area contributed by atoms with Gasteiger partial charge in [-0.1, -0.05) is 60.7 Å². The number of piperidine rings is 1. The SMILES string of the molecule is CC(C)OC(=O)OCOC(C(=O)OC1CC2CCC(C1)[N+]21CCCC1)(c1ccccc1)c1ccccc1.O=S(=O)([O-])C(F)(F)F. The van der Waals surface area contributed by atoms with Crippen LogP contribution < -0.4 is 0 Å². The monoisotopic (exact) mass is 657 g/mol. The molecule has 3 aliphatic heterocycles. The van der Waals surface area contributed by atoms with Gasteiger partial charge in [0.2, 0.25) is 5.60 Å². The van der Waals surface area contributed by atoms with E-state index in [0.717, 1.165) is 12.8 Å². The van der Waals surface area contributed by atoms with Gasteiger partial charge < -0.3 is 28.0 Å². The predicted molar refractivity (Wildman–Crippen MR) is 153 cm³/mol. The van der Waals surface area contributed by atoms with Gasteiger partial charge in [-0.25, -0.2) is 18.0 Å². The summed E-state index contributed by atoms with van der Waals surface area (Å²) >= 11 is 0. The summed E-state index contributed by atoms with van der Waals surface area (Å²) in [5, 5.41) is 0. The van der Waals surface area contributed by atoms with E-state index in [4.69, 9.17) is 31.9 Å². The van der Waals surface area contributed by atoms with E-state index in [1.165, 1.54) is 43.3 Å². The van der Waals surface area contributed by atoms with Crippen LogP contribution in [-0.4, -0.2) is 79.3 Å². The normalized spacial score (nSPS) is 22.4. The molecule has 2 aromatic carbocycles. The zero-order valence-corrected chi connectivity index (χ0v) is 25.9. The number of carbonyl (C=O) groups excluding carboxylic acids is 2. The lowest BCUT2D eigenvalue weighted by Crippen LogP contribution is -2.60. The van der Waals surface area contributed by atoms with Crippen LogP contribution in [0.15, 0.2) is 60.7 Å². The zero-order chi connectivity index (χ0) is 32.9. The number of carbonyl (C=O) groups is 2. The third kappa shape index (κ3) is 7.79. The number of halogens is 3. The van der Waals surface area contributed by atoms with E-state index >= 15 is 0 Å². The maximum Gasteiger partial charge on any atom is 0.510 e. The van der Waals surface area contributed by atoms with Gasteiger partial charge in [0.1, 0.15) is 6.10 Å². The molecule has 0 saturated carbocycles. The number of benzene rings is 2. The molecule has 5 rings (SSSR count). The molecule has 10 nitrogen and oxygen atoms in total. The summed E-state index contributed by atoms with van der Waals surface area (Å²) in [6, 6.07) is 19.7. The van der Waals surface area contributed by atoms with E-state index in [0.29, 0.717) is 23.2 Å². The van der Waals surface area contributed by atoms with Crippen molar-refractivity contribution in [1.82, 2.24) is 0 Å². The molecule has 14 heteroatoms. The highest BCUT2D eigenvalue weighted by Gasteiger charge is 2.57. The average molecular weight is 658 g/mol. The number of quaternary nitrogens is 1. The second-order valence-electron chi connectivity index (χ2n) is 11.8. The molecule has 0 amide bonds. The summed E-state index contributed by atoms with van der Waals surface area (Å²) in [5.41, 5.74) is -5.99. The molecule has 2 unspecified atom stereocenters. The smallest absolute Gasteiger partial charge is 0.510 e. The Morgan fingerprint density at radius 3 is 1.80 bits per heavy atom. The number of hydrogen-bond donors (Lipinski definition) is 0. The Morgan fingerprint density at radius 2 is 1.38 bits per heavy atom. The summed E-state index contributed by atoms with van der Waals surface area (Å²) in [4.78, 5) is 26.3. The number of nitrogens with zero attached hydrogens (tertiary/aromatic N) is 1. The fourth-order valence-corrected chi connectivity index (χ4v) is 6.91. The standard InChI is InChI=1S/C30H38NO6.CHF3O3S/c1-22(2)36-29(33)34-21-35-30(23-11-5-3-6-12-23,24-13-7-4-8-14-24)28(32)37-27-19-25-15-16-26(20-27)31(25)17-9-10-18-31;2-1(3,4)8(5,6)7/h3-8,11-14,22,25-27H,9-10,15-21H2,1-2H3;(H,5,6,7)/q+1;/p-1. The molecular formula is C31H38F3NO9S. The van der Waals surface area contributed by atoms with Gasteiger partial charge in [0, 0.05) is 38.5 Å². The molecule has 248 valence electrons. The van der Waals surface area contributed by atoms with Crippen LogP contribution in [0, 0.1) is 0 Å². The highest BCUT2D eigenvalue weighted by atomic mass is 32.2. The molecule has 45 heavy (non-hydrogen) atoms. The van der Waals surface area contributed by atoms with Crippen molar-refractivity contribution < 1.29 is 59.2 Å². The summed E-state index contributed by atoms with van der Waals surface area (Å²) < 4.78 is 83.0. The first-order valence-corrected chi connectivity index (χ1v) is 16.3. The van der Waals surface area contributed by atoms with E-state index in [9.17, 15) is 22.8 Å². The van der Waals surface area contributed by atoms with E-state index in [1.807, 2.05) is 60.7 Å². The molecule has 2 aromatic rings. The maximum atomic E-state index is 14.2. The van der Waals surface area contributed by atoms with Crippen molar-refractivity contribution in [2.45, 2.75) is 87.8 Å². The van der Waals surface area contributed by atoms with Gasteiger partial charge >= 0.3 is 17.6 Å². The Morgan fingerprint density at radius 1 is 0.911 bits per heavy atom. The summed E-state index contributed by atoms with van der Waals surface area (Å²) in [5.74, 6) is -0.481. The van der Waals surface area contributed by atoms with Crippen LogP contribution in [0.2, 0.25) is 0 Å². The van der Waals surface area contributed by atoms with Gasteiger partial charge in [-0.3, -0.25) is 0 Å². The van der Waals surface area contributed by atoms with E-state index in [-0.39, 0.29) is 12.2 Å². The highest BCUT2D eigenvalue weighted by molar-refractivity contribution is 7.86. The van der Waals surface area contributed by atoms with Crippen LogP contribution >= 0.6 is 0 Å². The van der Waals surface area contributed by atoms with Crippen molar-refractivity contribution in [3.05, 3.63) is 71.8 Å². The molecule has 3 saturated heterocycles. The minimum Gasteiger partial charge on any atom is -0.741 e. The Kier molecular flexibility index (Phi) is 10.8. The lowest BCUT2D eigenvalue weighted by Gasteiger charge is -2.47. The molecule has 0 aliphatic carbocycles. The number of rotatable bonds is 8. The van der Waals surface area contributed by atoms with Crippen LogP contribution in [0.4, 0.5) is 18.0 Å². The second-order valence-corrected chi connectivity index (χ2v) is 13.1. The first-order valence-electron chi connectivity index (χ1n) is 14.9. The largest absolute Gasteiger partial charge is 0.741 e. The number of hydrogen-bond acceptors (Lipinski definition) is 9. The Labute approximate surface area is 260 Å². The molecule has 3 aliphatic rings. The molecule has 0 aromatic heterocycles. The molecule has 3 fully saturated rings. The summed E-state index contributed by atoms with van der Waals surface area (Å²) in [7, 11) is -6.09. The minimum absolute atomic E-state index is 0.156.